The van der Waals surface area contributed by atoms with Crippen LogP contribution < -0.4 is 10.1 Å². The Bertz CT molecular complexity index is 931. The second-order valence-electron chi connectivity index (χ2n) is 7.24. The van der Waals surface area contributed by atoms with Crippen LogP contribution in [0.1, 0.15) is 18.9 Å². The lowest BCUT2D eigenvalue weighted by molar-refractivity contribution is -0.139. The van der Waals surface area contributed by atoms with Gasteiger partial charge in [-0.2, -0.15) is 0 Å². The Morgan fingerprint density at radius 3 is 2.71 bits per heavy atom. The molecule has 28 heavy (non-hydrogen) atoms. The van der Waals surface area contributed by atoms with Crippen molar-refractivity contribution in [3.05, 3.63) is 29.8 Å². The zero-order valence-electron chi connectivity index (χ0n) is 16.0. The average Bonchev–Trinajstić information content (AvgIpc) is 3.13. The molecule has 4 amide bonds. The van der Waals surface area contributed by atoms with Crippen LogP contribution in [0.4, 0.5) is 4.79 Å². The van der Waals surface area contributed by atoms with Gasteiger partial charge in [-0.15, -0.1) is 0 Å². The van der Waals surface area contributed by atoms with Crippen LogP contribution in [0, 0.1) is 0 Å². The second-order valence-corrected chi connectivity index (χ2v) is 9.47. The Balaban J connectivity index is 1.75. The van der Waals surface area contributed by atoms with E-state index in [0.29, 0.717) is 17.7 Å². The first-order valence-corrected chi connectivity index (χ1v) is 10.6. The summed E-state index contributed by atoms with van der Waals surface area (Å²) in [7, 11) is -0.155. The summed E-state index contributed by atoms with van der Waals surface area (Å²) in [6, 6.07) is 5.67. The van der Waals surface area contributed by atoms with E-state index in [9.17, 15) is 22.8 Å². The maximum atomic E-state index is 13.0. The third-order valence-corrected chi connectivity index (χ3v) is 7.12. The molecule has 10 heteroatoms. The van der Waals surface area contributed by atoms with Gasteiger partial charge in [-0.3, -0.25) is 14.5 Å². The standard InChI is InChI=1S/C18H23N3O6S/c1-18(12-5-4-6-14(9-12)27-3)16(23)21(17(24)19-18)10-15(22)20(2)13-7-8-28(25,26)11-13/h4-6,9,13H,7-8,10-11H2,1-3H3,(H,19,24)/t13-,18-/m0/s1. The minimum atomic E-state index is -3.15. The van der Waals surface area contributed by atoms with Crippen molar-refractivity contribution in [3.63, 3.8) is 0 Å². The third-order valence-electron chi connectivity index (χ3n) is 5.36. The fourth-order valence-electron chi connectivity index (χ4n) is 3.50. The smallest absolute Gasteiger partial charge is 0.325 e. The number of hydrogen-bond acceptors (Lipinski definition) is 6. The number of imide groups is 1. The second kappa shape index (κ2) is 7.08. The van der Waals surface area contributed by atoms with Gasteiger partial charge in [-0.25, -0.2) is 13.2 Å². The van der Waals surface area contributed by atoms with Crippen molar-refractivity contribution in [2.75, 3.05) is 32.2 Å². The minimum absolute atomic E-state index is 0.0341. The predicted octanol–water partition coefficient (Wildman–Crippen LogP) is 0.108. The molecule has 0 aliphatic carbocycles. The van der Waals surface area contributed by atoms with Gasteiger partial charge in [0.1, 0.15) is 17.8 Å². The van der Waals surface area contributed by atoms with Gasteiger partial charge in [0.15, 0.2) is 9.84 Å². The molecule has 0 unspecified atom stereocenters. The Hall–Kier alpha value is -2.62. The molecule has 2 aliphatic rings. The van der Waals surface area contributed by atoms with Crippen molar-refractivity contribution >= 4 is 27.7 Å². The fourth-order valence-corrected chi connectivity index (χ4v) is 5.28. The van der Waals surface area contributed by atoms with Crippen LogP contribution in [0.15, 0.2) is 24.3 Å². The van der Waals surface area contributed by atoms with Crippen molar-refractivity contribution in [2.45, 2.75) is 24.9 Å². The normalized spacial score (nSPS) is 26.2. The quantitative estimate of drug-likeness (QED) is 0.691. The number of nitrogens with zero attached hydrogens (tertiary/aromatic N) is 2. The van der Waals surface area contributed by atoms with Gasteiger partial charge in [-0.05, 0) is 31.0 Å². The number of likely N-dealkylation sites (N-methyl/N-ethyl adjacent to an activating group) is 1. The number of carbonyl (C=O) groups excluding carboxylic acids is 3. The Kier molecular flexibility index (Phi) is 5.09. The number of nitrogens with one attached hydrogen (secondary N) is 1. The first kappa shape index (κ1) is 20.1. The molecule has 2 heterocycles. The van der Waals surface area contributed by atoms with E-state index in [1.165, 1.54) is 19.1 Å². The van der Waals surface area contributed by atoms with Gasteiger partial charge in [0.25, 0.3) is 5.91 Å². The van der Waals surface area contributed by atoms with E-state index < -0.39 is 45.8 Å². The van der Waals surface area contributed by atoms with Crippen molar-refractivity contribution < 1.29 is 27.5 Å². The van der Waals surface area contributed by atoms with Crippen molar-refractivity contribution in [1.29, 1.82) is 0 Å². The molecule has 2 aliphatic heterocycles. The third kappa shape index (κ3) is 3.56. The molecular weight excluding hydrogens is 386 g/mol. The van der Waals surface area contributed by atoms with Crippen LogP contribution >= 0.6 is 0 Å². The highest BCUT2D eigenvalue weighted by atomic mass is 32.2. The van der Waals surface area contributed by atoms with Gasteiger partial charge in [-0.1, -0.05) is 12.1 Å². The average molecular weight is 409 g/mol. The van der Waals surface area contributed by atoms with E-state index in [4.69, 9.17) is 4.74 Å². The number of hydrogen-bond donors (Lipinski definition) is 1. The maximum absolute atomic E-state index is 13.0. The van der Waals surface area contributed by atoms with E-state index in [1.807, 2.05) is 0 Å². The zero-order chi connectivity index (χ0) is 20.7. The molecule has 1 aromatic carbocycles. The summed E-state index contributed by atoms with van der Waals surface area (Å²) in [5.74, 6) is -0.562. The first-order chi connectivity index (χ1) is 13.1. The Morgan fingerprint density at radius 2 is 2.11 bits per heavy atom. The topological polar surface area (TPSA) is 113 Å². The van der Waals surface area contributed by atoms with E-state index in [-0.39, 0.29) is 11.5 Å². The summed E-state index contributed by atoms with van der Waals surface area (Å²) in [5.41, 5.74) is -0.781. The molecule has 0 radical (unpaired) electrons. The van der Waals surface area contributed by atoms with E-state index in [1.54, 1.807) is 31.2 Å². The van der Waals surface area contributed by atoms with E-state index in [2.05, 4.69) is 5.32 Å². The Labute approximate surface area is 163 Å². The molecular formula is C18H23N3O6S. The highest BCUT2D eigenvalue weighted by Gasteiger charge is 2.50. The van der Waals surface area contributed by atoms with Crippen molar-refractivity contribution in [1.82, 2.24) is 15.1 Å². The molecule has 2 atom stereocenters. The van der Waals surface area contributed by atoms with Crippen LogP contribution in [0.2, 0.25) is 0 Å². The predicted molar refractivity (Wildman–Crippen MR) is 100 cm³/mol. The number of carbonyl (C=O) groups is 3. The molecule has 0 aromatic heterocycles. The largest absolute Gasteiger partial charge is 0.497 e. The molecule has 0 saturated carbocycles. The number of rotatable bonds is 5. The van der Waals surface area contributed by atoms with Gasteiger partial charge in [0, 0.05) is 13.1 Å². The molecule has 0 spiro atoms. The lowest BCUT2D eigenvalue weighted by Gasteiger charge is -2.26. The summed E-state index contributed by atoms with van der Waals surface area (Å²) in [6.07, 6.45) is 0.353. The molecule has 1 N–H and O–H groups in total. The van der Waals surface area contributed by atoms with Gasteiger partial charge in [0.2, 0.25) is 5.91 Å². The van der Waals surface area contributed by atoms with Crippen LogP contribution in [0.25, 0.3) is 0 Å². The summed E-state index contributed by atoms with van der Waals surface area (Å²) in [6.45, 7) is 1.12. The molecule has 1 aromatic rings. The molecule has 3 rings (SSSR count). The molecule has 9 nitrogen and oxygen atoms in total. The fraction of sp³-hybridized carbons (Fsp3) is 0.500. The molecule has 0 bridgehead atoms. The summed E-state index contributed by atoms with van der Waals surface area (Å²) < 4.78 is 28.4. The van der Waals surface area contributed by atoms with Gasteiger partial charge >= 0.3 is 6.03 Å². The summed E-state index contributed by atoms with van der Waals surface area (Å²) in [4.78, 5) is 40.1. The summed E-state index contributed by atoms with van der Waals surface area (Å²) >= 11 is 0. The zero-order valence-corrected chi connectivity index (χ0v) is 16.8. The minimum Gasteiger partial charge on any atom is -0.497 e. The lowest BCUT2D eigenvalue weighted by Crippen LogP contribution is -2.46. The van der Waals surface area contributed by atoms with Crippen LogP contribution in [-0.2, 0) is 25.0 Å². The molecule has 2 fully saturated rings. The number of sulfone groups is 1. The number of urea groups is 1. The van der Waals surface area contributed by atoms with E-state index in [0.717, 1.165) is 4.90 Å². The van der Waals surface area contributed by atoms with Crippen molar-refractivity contribution in [2.24, 2.45) is 0 Å². The maximum Gasteiger partial charge on any atom is 0.325 e. The number of methoxy groups -OCH3 is 1. The first-order valence-electron chi connectivity index (χ1n) is 8.82. The SMILES string of the molecule is COc1cccc([C@]2(C)NC(=O)N(CC(=O)N(C)[C@H]3CCS(=O)(=O)C3)C2=O)c1. The van der Waals surface area contributed by atoms with Gasteiger partial charge < -0.3 is 15.0 Å². The van der Waals surface area contributed by atoms with Crippen molar-refractivity contribution in [3.8, 4) is 5.75 Å². The van der Waals surface area contributed by atoms with E-state index >= 15 is 0 Å². The monoisotopic (exact) mass is 409 g/mol. The molecule has 2 saturated heterocycles. The van der Waals surface area contributed by atoms with Gasteiger partial charge in [0.05, 0.1) is 18.6 Å². The van der Waals surface area contributed by atoms with Crippen LogP contribution in [-0.4, -0.2) is 74.3 Å². The van der Waals surface area contributed by atoms with Crippen LogP contribution in [0.5, 0.6) is 5.75 Å². The Morgan fingerprint density at radius 1 is 1.39 bits per heavy atom. The van der Waals surface area contributed by atoms with Crippen LogP contribution in [0.3, 0.4) is 0 Å². The molecule has 152 valence electrons. The highest BCUT2D eigenvalue weighted by molar-refractivity contribution is 7.91. The summed E-state index contributed by atoms with van der Waals surface area (Å²) in [5, 5.41) is 2.64. The lowest BCUT2D eigenvalue weighted by atomic mass is 9.92. The number of benzene rings is 1. The number of amides is 4. The number of ether oxygens (including phenoxy) is 1. The highest BCUT2D eigenvalue weighted by Crippen LogP contribution is 2.31.